The van der Waals surface area contributed by atoms with Crippen LogP contribution in [0.15, 0.2) is 30.5 Å². The van der Waals surface area contributed by atoms with Crippen molar-refractivity contribution in [3.05, 3.63) is 41.3 Å². The van der Waals surface area contributed by atoms with E-state index in [4.69, 9.17) is 22.1 Å². The molecule has 0 amide bonds. The summed E-state index contributed by atoms with van der Waals surface area (Å²) in [6.07, 6.45) is 1.45. The SMILES string of the molecule is COc1cc(F)ccc1-c1cc(N)ncc1Cl. The first kappa shape index (κ1) is 11.7. The lowest BCUT2D eigenvalue weighted by Crippen LogP contribution is -1.93. The van der Waals surface area contributed by atoms with Gasteiger partial charge in [0.15, 0.2) is 0 Å². The van der Waals surface area contributed by atoms with E-state index in [1.54, 1.807) is 12.1 Å². The quantitative estimate of drug-likeness (QED) is 0.893. The van der Waals surface area contributed by atoms with Crippen molar-refractivity contribution in [2.75, 3.05) is 12.8 Å². The summed E-state index contributed by atoms with van der Waals surface area (Å²) in [4.78, 5) is 3.87. The molecule has 0 fully saturated rings. The van der Waals surface area contributed by atoms with Crippen molar-refractivity contribution >= 4 is 17.4 Å². The van der Waals surface area contributed by atoms with Crippen LogP contribution in [0.25, 0.3) is 11.1 Å². The second kappa shape index (κ2) is 4.59. The van der Waals surface area contributed by atoms with Crippen LogP contribution < -0.4 is 10.5 Å². The summed E-state index contributed by atoms with van der Waals surface area (Å²) in [5, 5.41) is 0.434. The van der Waals surface area contributed by atoms with Gasteiger partial charge in [-0.2, -0.15) is 0 Å². The molecule has 0 radical (unpaired) electrons. The average Bonchev–Trinajstić information content (AvgIpc) is 2.32. The highest BCUT2D eigenvalue weighted by atomic mass is 35.5. The average molecular weight is 253 g/mol. The molecule has 0 atom stereocenters. The Hall–Kier alpha value is -1.81. The lowest BCUT2D eigenvalue weighted by atomic mass is 10.1. The van der Waals surface area contributed by atoms with Crippen LogP contribution in [-0.2, 0) is 0 Å². The Balaban J connectivity index is 2.63. The Bertz CT molecular complexity index is 560. The molecule has 2 aromatic rings. The van der Waals surface area contributed by atoms with Gasteiger partial charge in [-0.15, -0.1) is 0 Å². The van der Waals surface area contributed by atoms with Crippen LogP contribution >= 0.6 is 11.6 Å². The van der Waals surface area contributed by atoms with Gasteiger partial charge >= 0.3 is 0 Å². The summed E-state index contributed by atoms with van der Waals surface area (Å²) >= 11 is 6.03. The van der Waals surface area contributed by atoms with Gasteiger partial charge in [0.1, 0.15) is 17.4 Å². The van der Waals surface area contributed by atoms with E-state index in [1.165, 1.54) is 25.4 Å². The fourth-order valence-corrected chi connectivity index (χ4v) is 1.75. The normalized spacial score (nSPS) is 10.3. The summed E-state index contributed by atoms with van der Waals surface area (Å²) in [7, 11) is 1.47. The smallest absolute Gasteiger partial charge is 0.129 e. The number of nitrogens with two attached hydrogens (primary N) is 1. The van der Waals surface area contributed by atoms with Gasteiger partial charge in [0.05, 0.1) is 12.1 Å². The maximum absolute atomic E-state index is 13.1. The molecule has 0 aliphatic heterocycles. The number of benzene rings is 1. The molecule has 0 unspecified atom stereocenters. The summed E-state index contributed by atoms with van der Waals surface area (Å²) < 4.78 is 18.2. The number of nitrogens with zero attached hydrogens (tertiary/aromatic N) is 1. The topological polar surface area (TPSA) is 48.1 Å². The molecule has 0 saturated heterocycles. The predicted octanol–water partition coefficient (Wildman–Crippen LogP) is 3.13. The number of anilines is 1. The molecule has 3 nitrogen and oxygen atoms in total. The zero-order valence-electron chi connectivity index (χ0n) is 9.08. The third-order valence-corrected chi connectivity index (χ3v) is 2.63. The van der Waals surface area contributed by atoms with Crippen LogP contribution in [0.2, 0.25) is 5.02 Å². The van der Waals surface area contributed by atoms with Crippen LogP contribution in [0.5, 0.6) is 5.75 Å². The molecule has 1 heterocycles. The second-order valence-electron chi connectivity index (χ2n) is 3.43. The molecular formula is C12H10ClFN2O. The van der Waals surface area contributed by atoms with E-state index in [0.717, 1.165) is 0 Å². The van der Waals surface area contributed by atoms with Crippen molar-refractivity contribution < 1.29 is 9.13 Å². The summed E-state index contributed by atoms with van der Waals surface area (Å²) in [6.45, 7) is 0. The number of hydrogen-bond acceptors (Lipinski definition) is 3. The lowest BCUT2D eigenvalue weighted by molar-refractivity contribution is 0.413. The summed E-state index contributed by atoms with van der Waals surface area (Å²) in [5.41, 5.74) is 6.94. The van der Waals surface area contributed by atoms with Gasteiger partial charge in [-0.3, -0.25) is 0 Å². The van der Waals surface area contributed by atoms with E-state index >= 15 is 0 Å². The van der Waals surface area contributed by atoms with E-state index < -0.39 is 0 Å². The molecule has 0 spiro atoms. The molecule has 2 N–H and O–H groups in total. The first-order valence-corrected chi connectivity index (χ1v) is 5.24. The molecule has 88 valence electrons. The van der Waals surface area contributed by atoms with E-state index in [2.05, 4.69) is 4.98 Å². The van der Waals surface area contributed by atoms with Crippen LogP contribution in [0.3, 0.4) is 0 Å². The predicted molar refractivity (Wildman–Crippen MR) is 65.6 cm³/mol. The highest BCUT2D eigenvalue weighted by Crippen LogP contribution is 2.35. The van der Waals surface area contributed by atoms with Crippen molar-refractivity contribution in [1.29, 1.82) is 0 Å². The van der Waals surface area contributed by atoms with Crippen molar-refractivity contribution in [3.63, 3.8) is 0 Å². The van der Waals surface area contributed by atoms with Gasteiger partial charge in [-0.25, -0.2) is 9.37 Å². The molecule has 1 aromatic carbocycles. The maximum atomic E-state index is 13.1. The minimum Gasteiger partial charge on any atom is -0.496 e. The summed E-state index contributed by atoms with van der Waals surface area (Å²) in [6, 6.07) is 5.85. The van der Waals surface area contributed by atoms with E-state index in [-0.39, 0.29) is 5.82 Å². The minimum absolute atomic E-state index is 0.343. The molecule has 0 aliphatic rings. The van der Waals surface area contributed by atoms with Crippen molar-refractivity contribution in [2.45, 2.75) is 0 Å². The number of nitrogen functional groups attached to an aromatic ring is 1. The summed E-state index contributed by atoms with van der Waals surface area (Å²) in [5.74, 6) is 0.372. The standard InChI is InChI=1S/C12H10ClFN2O/c1-17-11-4-7(14)2-3-8(11)9-5-12(15)16-6-10(9)13/h2-6H,1H3,(H2,15,16). The molecule has 2 rings (SSSR count). The van der Waals surface area contributed by atoms with Gasteiger partial charge < -0.3 is 10.5 Å². The number of aromatic nitrogens is 1. The molecule has 0 bridgehead atoms. The number of pyridine rings is 1. The molecule has 17 heavy (non-hydrogen) atoms. The third kappa shape index (κ3) is 2.31. The Morgan fingerprint density at radius 2 is 2.06 bits per heavy atom. The fraction of sp³-hybridized carbons (Fsp3) is 0.0833. The van der Waals surface area contributed by atoms with Gasteiger partial charge in [0, 0.05) is 23.4 Å². The van der Waals surface area contributed by atoms with Crippen LogP contribution in [0.4, 0.5) is 10.2 Å². The highest BCUT2D eigenvalue weighted by Gasteiger charge is 2.11. The highest BCUT2D eigenvalue weighted by molar-refractivity contribution is 6.33. The molecule has 5 heteroatoms. The zero-order chi connectivity index (χ0) is 12.4. The maximum Gasteiger partial charge on any atom is 0.129 e. The number of halogens is 2. The van der Waals surface area contributed by atoms with Gasteiger partial charge in [0.25, 0.3) is 0 Å². The first-order valence-electron chi connectivity index (χ1n) is 4.86. The van der Waals surface area contributed by atoms with E-state index in [0.29, 0.717) is 27.7 Å². The van der Waals surface area contributed by atoms with Crippen LogP contribution in [-0.4, -0.2) is 12.1 Å². The van der Waals surface area contributed by atoms with Gasteiger partial charge in [-0.1, -0.05) is 11.6 Å². The van der Waals surface area contributed by atoms with Crippen molar-refractivity contribution in [2.24, 2.45) is 0 Å². The Kier molecular flexibility index (Phi) is 3.15. The second-order valence-corrected chi connectivity index (χ2v) is 3.84. The molecule has 1 aromatic heterocycles. The van der Waals surface area contributed by atoms with Gasteiger partial charge in [-0.05, 0) is 18.2 Å². The minimum atomic E-state index is -0.372. The largest absolute Gasteiger partial charge is 0.496 e. The first-order chi connectivity index (χ1) is 8.11. The van der Waals surface area contributed by atoms with Crippen molar-refractivity contribution in [1.82, 2.24) is 4.98 Å². The number of rotatable bonds is 2. The van der Waals surface area contributed by atoms with E-state index in [9.17, 15) is 4.39 Å². The lowest BCUT2D eigenvalue weighted by Gasteiger charge is -2.10. The Labute approximate surface area is 103 Å². The zero-order valence-corrected chi connectivity index (χ0v) is 9.83. The van der Waals surface area contributed by atoms with Crippen LogP contribution in [0, 0.1) is 5.82 Å². The number of methoxy groups -OCH3 is 1. The van der Waals surface area contributed by atoms with E-state index in [1.807, 2.05) is 0 Å². The Morgan fingerprint density at radius 3 is 2.76 bits per heavy atom. The number of hydrogen-bond donors (Lipinski definition) is 1. The van der Waals surface area contributed by atoms with Crippen LogP contribution in [0.1, 0.15) is 0 Å². The molecule has 0 aliphatic carbocycles. The number of ether oxygens (including phenoxy) is 1. The van der Waals surface area contributed by atoms with Crippen molar-refractivity contribution in [3.8, 4) is 16.9 Å². The Morgan fingerprint density at radius 1 is 1.29 bits per heavy atom. The third-order valence-electron chi connectivity index (χ3n) is 2.33. The fourth-order valence-electron chi connectivity index (χ4n) is 1.55. The molecule has 0 saturated carbocycles. The molecular weight excluding hydrogens is 243 g/mol. The monoisotopic (exact) mass is 252 g/mol. The van der Waals surface area contributed by atoms with Gasteiger partial charge in [0.2, 0.25) is 0 Å².